The van der Waals surface area contributed by atoms with E-state index in [9.17, 15) is 5.11 Å². The van der Waals surface area contributed by atoms with E-state index in [0.717, 1.165) is 31.2 Å². The average Bonchev–Trinajstić information content (AvgIpc) is 2.40. The van der Waals surface area contributed by atoms with Crippen LogP contribution in [0, 0.1) is 0 Å². The normalized spacial score (nSPS) is 20.2. The molecule has 19 heavy (non-hydrogen) atoms. The molecule has 1 fully saturated rings. The van der Waals surface area contributed by atoms with Crippen molar-refractivity contribution in [2.45, 2.75) is 50.7 Å². The van der Waals surface area contributed by atoms with Crippen molar-refractivity contribution in [2.24, 2.45) is 0 Å². The van der Waals surface area contributed by atoms with E-state index in [1.165, 1.54) is 6.42 Å². The zero-order valence-corrected chi connectivity index (χ0v) is 12.8. The molecular formula is C15H21Cl2NO. The molecule has 1 saturated carbocycles. The SMILES string of the molecule is CC(NCC1(O)CCCCC1)c1cc(Cl)ccc1Cl. The van der Waals surface area contributed by atoms with Crippen LogP contribution in [0.2, 0.25) is 10.0 Å². The Hall–Kier alpha value is -0.280. The largest absolute Gasteiger partial charge is 0.389 e. The summed E-state index contributed by atoms with van der Waals surface area (Å²) in [5.41, 5.74) is 0.422. The second-order valence-corrected chi connectivity index (χ2v) is 6.40. The molecule has 1 aliphatic rings. The number of nitrogens with one attached hydrogen (secondary N) is 1. The van der Waals surface area contributed by atoms with Crippen LogP contribution in [0.5, 0.6) is 0 Å². The lowest BCUT2D eigenvalue weighted by Crippen LogP contribution is -2.42. The lowest BCUT2D eigenvalue weighted by atomic mass is 9.84. The fourth-order valence-electron chi connectivity index (χ4n) is 2.69. The molecule has 1 atom stereocenters. The second-order valence-electron chi connectivity index (χ2n) is 5.55. The zero-order chi connectivity index (χ0) is 13.9. The number of benzene rings is 1. The maximum atomic E-state index is 10.5. The van der Waals surface area contributed by atoms with Gasteiger partial charge >= 0.3 is 0 Å². The van der Waals surface area contributed by atoms with Gasteiger partial charge in [0.25, 0.3) is 0 Å². The molecule has 1 aliphatic carbocycles. The molecule has 2 N–H and O–H groups in total. The minimum Gasteiger partial charge on any atom is -0.389 e. The van der Waals surface area contributed by atoms with E-state index in [1.54, 1.807) is 6.07 Å². The number of aliphatic hydroxyl groups is 1. The highest BCUT2D eigenvalue weighted by Gasteiger charge is 2.29. The van der Waals surface area contributed by atoms with Gasteiger partial charge in [0.1, 0.15) is 0 Å². The zero-order valence-electron chi connectivity index (χ0n) is 11.3. The highest BCUT2D eigenvalue weighted by Crippen LogP contribution is 2.30. The molecule has 106 valence electrons. The maximum absolute atomic E-state index is 10.5. The van der Waals surface area contributed by atoms with Crippen LogP contribution in [0.1, 0.15) is 50.6 Å². The molecule has 1 aromatic carbocycles. The second kappa shape index (κ2) is 6.45. The maximum Gasteiger partial charge on any atom is 0.0771 e. The van der Waals surface area contributed by atoms with Gasteiger partial charge in [0, 0.05) is 22.6 Å². The number of halogens is 2. The third-order valence-corrected chi connectivity index (χ3v) is 4.53. The van der Waals surface area contributed by atoms with Crippen LogP contribution in [0.15, 0.2) is 18.2 Å². The van der Waals surface area contributed by atoms with Crippen molar-refractivity contribution in [3.05, 3.63) is 33.8 Å². The van der Waals surface area contributed by atoms with Crippen LogP contribution in [-0.2, 0) is 0 Å². The van der Waals surface area contributed by atoms with E-state index in [2.05, 4.69) is 5.32 Å². The molecule has 2 nitrogen and oxygen atoms in total. The summed E-state index contributed by atoms with van der Waals surface area (Å²) in [6.45, 7) is 2.65. The fraction of sp³-hybridized carbons (Fsp3) is 0.600. The summed E-state index contributed by atoms with van der Waals surface area (Å²) in [6.07, 6.45) is 5.24. The smallest absolute Gasteiger partial charge is 0.0771 e. The lowest BCUT2D eigenvalue weighted by molar-refractivity contribution is 0.00300. The summed E-state index contributed by atoms with van der Waals surface area (Å²) in [7, 11) is 0. The van der Waals surface area contributed by atoms with Gasteiger partial charge in [-0.05, 0) is 43.5 Å². The summed E-state index contributed by atoms with van der Waals surface area (Å²) in [5.74, 6) is 0. The van der Waals surface area contributed by atoms with Gasteiger partial charge in [0.05, 0.1) is 5.60 Å². The van der Waals surface area contributed by atoms with E-state index < -0.39 is 5.60 Å². The van der Waals surface area contributed by atoms with Crippen molar-refractivity contribution < 1.29 is 5.11 Å². The number of hydrogen-bond donors (Lipinski definition) is 2. The van der Waals surface area contributed by atoms with Gasteiger partial charge in [-0.15, -0.1) is 0 Å². The Morgan fingerprint density at radius 3 is 2.63 bits per heavy atom. The minimum atomic E-state index is -0.558. The van der Waals surface area contributed by atoms with Crippen molar-refractivity contribution in [3.8, 4) is 0 Å². The van der Waals surface area contributed by atoms with Crippen LogP contribution >= 0.6 is 23.2 Å². The van der Waals surface area contributed by atoms with E-state index in [-0.39, 0.29) is 6.04 Å². The predicted molar refractivity (Wildman–Crippen MR) is 80.9 cm³/mol. The third kappa shape index (κ3) is 4.09. The van der Waals surface area contributed by atoms with Crippen LogP contribution in [0.4, 0.5) is 0 Å². The third-order valence-electron chi connectivity index (χ3n) is 3.95. The van der Waals surface area contributed by atoms with Crippen molar-refractivity contribution in [3.63, 3.8) is 0 Å². The van der Waals surface area contributed by atoms with Gasteiger partial charge in [-0.1, -0.05) is 42.5 Å². The molecule has 0 spiro atoms. The summed E-state index contributed by atoms with van der Waals surface area (Å²) >= 11 is 12.2. The molecule has 0 radical (unpaired) electrons. The standard InChI is InChI=1S/C15H21Cl2NO/c1-11(13-9-12(16)5-6-14(13)17)18-10-15(19)7-3-2-4-8-15/h5-6,9,11,18-19H,2-4,7-8,10H2,1H3. The lowest BCUT2D eigenvalue weighted by Gasteiger charge is -2.33. The Bertz CT molecular complexity index is 430. The number of rotatable bonds is 4. The van der Waals surface area contributed by atoms with Crippen LogP contribution in [-0.4, -0.2) is 17.3 Å². The van der Waals surface area contributed by atoms with Gasteiger partial charge in [0.2, 0.25) is 0 Å². The number of hydrogen-bond acceptors (Lipinski definition) is 2. The van der Waals surface area contributed by atoms with Gasteiger partial charge in [-0.3, -0.25) is 0 Å². The molecular weight excluding hydrogens is 281 g/mol. The van der Waals surface area contributed by atoms with Crippen molar-refractivity contribution in [1.82, 2.24) is 5.32 Å². The van der Waals surface area contributed by atoms with Crippen LogP contribution in [0.3, 0.4) is 0 Å². The average molecular weight is 302 g/mol. The Labute approximate surface area is 125 Å². The molecule has 1 aromatic rings. The Balaban J connectivity index is 1.97. The van der Waals surface area contributed by atoms with E-state index >= 15 is 0 Å². The van der Waals surface area contributed by atoms with Gasteiger partial charge in [-0.2, -0.15) is 0 Å². The Kier molecular flexibility index (Phi) is 5.13. The highest BCUT2D eigenvalue weighted by molar-refractivity contribution is 6.33. The molecule has 0 amide bonds. The predicted octanol–water partition coefficient (Wildman–Crippen LogP) is 4.34. The summed E-state index contributed by atoms with van der Waals surface area (Å²) in [5, 5.41) is 15.2. The first-order valence-corrected chi connectivity index (χ1v) is 7.66. The Morgan fingerprint density at radius 1 is 1.26 bits per heavy atom. The molecule has 0 aliphatic heterocycles. The quantitative estimate of drug-likeness (QED) is 0.867. The molecule has 4 heteroatoms. The summed E-state index contributed by atoms with van der Waals surface area (Å²) in [4.78, 5) is 0. The molecule has 1 unspecified atom stereocenters. The molecule has 0 bridgehead atoms. The molecule has 0 aromatic heterocycles. The minimum absolute atomic E-state index is 0.0807. The van der Waals surface area contributed by atoms with Gasteiger partial charge < -0.3 is 10.4 Å². The fourth-order valence-corrected chi connectivity index (χ4v) is 3.15. The molecule has 0 saturated heterocycles. The van der Waals surface area contributed by atoms with Crippen molar-refractivity contribution in [2.75, 3.05) is 6.54 Å². The monoisotopic (exact) mass is 301 g/mol. The molecule has 2 rings (SSSR count). The summed E-state index contributed by atoms with van der Waals surface area (Å²) < 4.78 is 0. The van der Waals surface area contributed by atoms with Crippen LogP contribution in [0.25, 0.3) is 0 Å². The van der Waals surface area contributed by atoms with Crippen molar-refractivity contribution in [1.29, 1.82) is 0 Å². The first-order chi connectivity index (χ1) is 9.00. The van der Waals surface area contributed by atoms with Gasteiger partial charge in [0.15, 0.2) is 0 Å². The first-order valence-electron chi connectivity index (χ1n) is 6.91. The first kappa shape index (κ1) is 15.1. The van der Waals surface area contributed by atoms with E-state index in [0.29, 0.717) is 16.6 Å². The summed E-state index contributed by atoms with van der Waals surface area (Å²) in [6, 6.07) is 5.56. The van der Waals surface area contributed by atoms with E-state index in [4.69, 9.17) is 23.2 Å². The topological polar surface area (TPSA) is 32.3 Å². The van der Waals surface area contributed by atoms with Crippen molar-refractivity contribution >= 4 is 23.2 Å². The Morgan fingerprint density at radius 2 is 1.95 bits per heavy atom. The highest BCUT2D eigenvalue weighted by atomic mass is 35.5. The van der Waals surface area contributed by atoms with Crippen LogP contribution < -0.4 is 5.32 Å². The van der Waals surface area contributed by atoms with Gasteiger partial charge in [-0.25, -0.2) is 0 Å². The van der Waals surface area contributed by atoms with E-state index in [1.807, 2.05) is 19.1 Å². The molecule has 0 heterocycles.